The highest BCUT2D eigenvalue weighted by atomic mass is 14.2. The van der Waals surface area contributed by atoms with Crippen molar-refractivity contribution in [2.75, 3.05) is 0 Å². The van der Waals surface area contributed by atoms with Gasteiger partial charge in [-0.15, -0.1) is 0 Å². The second-order valence-electron chi connectivity index (χ2n) is 7.04. The molecule has 0 N–H and O–H groups in total. The summed E-state index contributed by atoms with van der Waals surface area (Å²) in [4.78, 5) is 0. The van der Waals surface area contributed by atoms with Crippen molar-refractivity contribution in [2.45, 2.75) is 58.3 Å². The number of benzene rings is 3. The quantitative estimate of drug-likeness (QED) is 0.376. The Morgan fingerprint density at radius 1 is 0.739 bits per heavy atom. The van der Waals surface area contributed by atoms with Gasteiger partial charge in [-0.05, 0) is 76.8 Å². The molecule has 0 amide bonds. The second kappa shape index (κ2) is 6.35. The van der Waals surface area contributed by atoms with Crippen molar-refractivity contribution in [3.8, 4) is 0 Å². The lowest BCUT2D eigenvalue weighted by molar-refractivity contribution is 0.690. The SMILES string of the molecule is CCCCCc1cccc2c1ccc1c3c(ccc12)CCCC3. The van der Waals surface area contributed by atoms with Crippen LogP contribution in [-0.2, 0) is 19.3 Å². The molecule has 0 aliphatic heterocycles. The third kappa shape index (κ3) is 2.65. The predicted molar refractivity (Wildman–Crippen MR) is 101 cm³/mol. The Morgan fingerprint density at radius 2 is 1.52 bits per heavy atom. The van der Waals surface area contributed by atoms with Crippen molar-refractivity contribution in [3.05, 3.63) is 59.2 Å². The van der Waals surface area contributed by atoms with E-state index in [0.717, 1.165) is 0 Å². The van der Waals surface area contributed by atoms with Gasteiger partial charge in [-0.25, -0.2) is 0 Å². The Morgan fingerprint density at radius 3 is 2.43 bits per heavy atom. The van der Waals surface area contributed by atoms with Gasteiger partial charge >= 0.3 is 0 Å². The molecule has 3 aromatic rings. The predicted octanol–water partition coefficient (Wildman–Crippen LogP) is 6.60. The maximum atomic E-state index is 2.39. The van der Waals surface area contributed by atoms with Crippen LogP contribution in [-0.4, -0.2) is 0 Å². The van der Waals surface area contributed by atoms with E-state index in [1.165, 1.54) is 78.5 Å². The van der Waals surface area contributed by atoms with Crippen LogP contribution < -0.4 is 0 Å². The highest BCUT2D eigenvalue weighted by Gasteiger charge is 2.14. The van der Waals surface area contributed by atoms with Gasteiger partial charge in [-0.1, -0.05) is 62.2 Å². The zero-order chi connectivity index (χ0) is 15.6. The molecule has 0 heteroatoms. The molecule has 118 valence electrons. The van der Waals surface area contributed by atoms with Crippen molar-refractivity contribution >= 4 is 21.5 Å². The Labute approximate surface area is 139 Å². The van der Waals surface area contributed by atoms with Gasteiger partial charge in [0, 0.05) is 0 Å². The van der Waals surface area contributed by atoms with Crippen molar-refractivity contribution in [3.63, 3.8) is 0 Å². The molecule has 0 saturated heterocycles. The summed E-state index contributed by atoms with van der Waals surface area (Å²) in [6, 6.07) is 16.4. The molecule has 0 fully saturated rings. The average Bonchev–Trinajstić information content (AvgIpc) is 2.61. The Kier molecular flexibility index (Phi) is 4.08. The van der Waals surface area contributed by atoms with E-state index in [4.69, 9.17) is 0 Å². The van der Waals surface area contributed by atoms with Crippen LogP contribution in [0.3, 0.4) is 0 Å². The largest absolute Gasteiger partial charge is 0.0654 e. The summed E-state index contributed by atoms with van der Waals surface area (Å²) < 4.78 is 0. The molecular formula is C23H26. The number of hydrogen-bond donors (Lipinski definition) is 0. The second-order valence-corrected chi connectivity index (χ2v) is 7.04. The van der Waals surface area contributed by atoms with Crippen LogP contribution in [0.5, 0.6) is 0 Å². The van der Waals surface area contributed by atoms with E-state index in [1.54, 1.807) is 11.1 Å². The summed E-state index contributed by atoms with van der Waals surface area (Å²) in [5, 5.41) is 5.87. The molecule has 0 atom stereocenters. The Bertz CT molecular complexity index is 841. The number of fused-ring (bicyclic) bond motifs is 5. The lowest BCUT2D eigenvalue weighted by Crippen LogP contribution is -2.03. The first-order chi connectivity index (χ1) is 11.4. The van der Waals surface area contributed by atoms with Crippen LogP contribution in [0.1, 0.15) is 55.7 Å². The maximum Gasteiger partial charge on any atom is -0.0102 e. The third-order valence-corrected chi connectivity index (χ3v) is 5.53. The van der Waals surface area contributed by atoms with E-state index in [0.29, 0.717) is 0 Å². The number of unbranched alkanes of at least 4 members (excludes halogenated alkanes) is 2. The van der Waals surface area contributed by atoms with Gasteiger partial charge in [0.15, 0.2) is 0 Å². The summed E-state index contributed by atoms with van der Waals surface area (Å²) >= 11 is 0. The van der Waals surface area contributed by atoms with Crippen LogP contribution in [0, 0.1) is 0 Å². The lowest BCUT2D eigenvalue weighted by atomic mass is 9.86. The molecule has 4 rings (SSSR count). The minimum atomic E-state index is 1.21. The zero-order valence-corrected chi connectivity index (χ0v) is 14.2. The average molecular weight is 302 g/mol. The van der Waals surface area contributed by atoms with Gasteiger partial charge in [-0.3, -0.25) is 0 Å². The molecule has 0 heterocycles. The Balaban J connectivity index is 1.87. The first-order valence-corrected chi connectivity index (χ1v) is 9.33. The van der Waals surface area contributed by atoms with Gasteiger partial charge in [-0.2, -0.15) is 0 Å². The molecule has 0 radical (unpaired) electrons. The van der Waals surface area contributed by atoms with Crippen LogP contribution in [0.25, 0.3) is 21.5 Å². The number of rotatable bonds is 4. The first kappa shape index (κ1) is 14.8. The molecule has 0 spiro atoms. The summed E-state index contributed by atoms with van der Waals surface area (Å²) in [5.41, 5.74) is 4.73. The van der Waals surface area contributed by atoms with Crippen LogP contribution in [0.4, 0.5) is 0 Å². The van der Waals surface area contributed by atoms with E-state index < -0.39 is 0 Å². The topological polar surface area (TPSA) is 0 Å². The van der Waals surface area contributed by atoms with Crippen molar-refractivity contribution < 1.29 is 0 Å². The highest BCUT2D eigenvalue weighted by molar-refractivity contribution is 6.09. The minimum absolute atomic E-state index is 1.21. The molecule has 1 aliphatic carbocycles. The van der Waals surface area contributed by atoms with Gasteiger partial charge in [0.1, 0.15) is 0 Å². The van der Waals surface area contributed by atoms with E-state index in [9.17, 15) is 0 Å². The van der Waals surface area contributed by atoms with E-state index in [1.807, 2.05) is 0 Å². The van der Waals surface area contributed by atoms with Crippen LogP contribution in [0.2, 0.25) is 0 Å². The standard InChI is InChI=1S/C23H26/c1-2-3-4-8-17-10-7-12-21-20(17)15-16-22-19-11-6-5-9-18(19)13-14-23(21)22/h7,10,12-16H,2-6,8-9,11H2,1H3. The number of hydrogen-bond acceptors (Lipinski definition) is 0. The zero-order valence-electron chi connectivity index (χ0n) is 14.2. The maximum absolute atomic E-state index is 2.39. The third-order valence-electron chi connectivity index (χ3n) is 5.53. The minimum Gasteiger partial charge on any atom is -0.0654 e. The van der Waals surface area contributed by atoms with E-state index >= 15 is 0 Å². The fourth-order valence-electron chi connectivity index (χ4n) is 4.28. The smallest absolute Gasteiger partial charge is 0.0102 e. The molecule has 23 heavy (non-hydrogen) atoms. The van der Waals surface area contributed by atoms with Crippen molar-refractivity contribution in [2.24, 2.45) is 0 Å². The Hall–Kier alpha value is -1.82. The number of aryl methyl sites for hydroxylation is 3. The van der Waals surface area contributed by atoms with Gasteiger partial charge in [0.2, 0.25) is 0 Å². The van der Waals surface area contributed by atoms with E-state index in [-0.39, 0.29) is 0 Å². The highest BCUT2D eigenvalue weighted by Crippen LogP contribution is 2.34. The van der Waals surface area contributed by atoms with Gasteiger partial charge < -0.3 is 0 Å². The van der Waals surface area contributed by atoms with Gasteiger partial charge in [0.05, 0.1) is 0 Å². The fourth-order valence-corrected chi connectivity index (χ4v) is 4.28. The van der Waals surface area contributed by atoms with Crippen LogP contribution >= 0.6 is 0 Å². The summed E-state index contributed by atoms with van der Waals surface area (Å²) in [6.45, 7) is 2.28. The summed E-state index contributed by atoms with van der Waals surface area (Å²) in [7, 11) is 0. The first-order valence-electron chi connectivity index (χ1n) is 9.33. The van der Waals surface area contributed by atoms with Gasteiger partial charge in [0.25, 0.3) is 0 Å². The molecule has 0 unspecified atom stereocenters. The molecule has 0 aromatic heterocycles. The monoisotopic (exact) mass is 302 g/mol. The fraction of sp³-hybridized carbons (Fsp3) is 0.391. The molecule has 1 aliphatic rings. The molecule has 3 aromatic carbocycles. The molecule has 0 nitrogen and oxygen atoms in total. The van der Waals surface area contributed by atoms with Crippen LogP contribution in [0.15, 0.2) is 42.5 Å². The summed E-state index contributed by atoms with van der Waals surface area (Å²) in [5.74, 6) is 0. The van der Waals surface area contributed by atoms with Crippen molar-refractivity contribution in [1.29, 1.82) is 0 Å². The molecular weight excluding hydrogens is 276 g/mol. The molecule has 0 saturated carbocycles. The molecule has 0 bridgehead atoms. The summed E-state index contributed by atoms with van der Waals surface area (Å²) in [6.07, 6.45) is 10.4. The lowest BCUT2D eigenvalue weighted by Gasteiger charge is -2.19. The van der Waals surface area contributed by atoms with E-state index in [2.05, 4.69) is 49.4 Å². The van der Waals surface area contributed by atoms with Crippen molar-refractivity contribution in [1.82, 2.24) is 0 Å². The normalized spacial score (nSPS) is 14.3.